The molecule has 19 heavy (non-hydrogen) atoms. The van der Waals surface area contributed by atoms with Crippen LogP contribution in [0.3, 0.4) is 0 Å². The van der Waals surface area contributed by atoms with Crippen LogP contribution in [-0.4, -0.2) is 11.7 Å². The van der Waals surface area contributed by atoms with Crippen LogP contribution in [0, 0.1) is 5.92 Å². The number of fused-ring (bicyclic) bond motifs is 1. The summed E-state index contributed by atoms with van der Waals surface area (Å²) in [6.07, 6.45) is 7.43. The highest BCUT2D eigenvalue weighted by molar-refractivity contribution is 5.81. The maximum Gasteiger partial charge on any atom is 0.119 e. The van der Waals surface area contributed by atoms with E-state index < -0.39 is 0 Å². The maximum absolute atomic E-state index is 5.28. The van der Waals surface area contributed by atoms with Crippen LogP contribution in [-0.2, 0) is 6.54 Å². The van der Waals surface area contributed by atoms with Crippen LogP contribution >= 0.6 is 0 Å². The molecule has 0 bridgehead atoms. The van der Waals surface area contributed by atoms with Crippen molar-refractivity contribution in [2.24, 2.45) is 5.92 Å². The number of aromatic nitrogens is 1. The van der Waals surface area contributed by atoms with Crippen molar-refractivity contribution in [3.05, 3.63) is 30.5 Å². The number of nitrogens with zero attached hydrogens (tertiary/aromatic N) is 1. The second kappa shape index (κ2) is 6.65. The number of hydrogen-bond donors (Lipinski definition) is 0. The molecule has 0 N–H and O–H groups in total. The molecule has 0 radical (unpaired) electrons. The Labute approximate surface area is 116 Å². The van der Waals surface area contributed by atoms with Crippen LogP contribution in [0.1, 0.15) is 39.5 Å². The van der Waals surface area contributed by atoms with Gasteiger partial charge in [-0.3, -0.25) is 0 Å². The van der Waals surface area contributed by atoms with E-state index in [1.54, 1.807) is 7.11 Å². The molecule has 1 heterocycles. The minimum absolute atomic E-state index is 0.789. The monoisotopic (exact) mass is 259 g/mol. The first-order valence-electron chi connectivity index (χ1n) is 7.41. The maximum atomic E-state index is 5.28. The van der Waals surface area contributed by atoms with Gasteiger partial charge in [0.25, 0.3) is 0 Å². The Balaban J connectivity index is 2.16. The van der Waals surface area contributed by atoms with Gasteiger partial charge in [-0.2, -0.15) is 0 Å². The van der Waals surface area contributed by atoms with Crippen molar-refractivity contribution in [1.82, 2.24) is 4.57 Å². The second-order valence-electron chi connectivity index (χ2n) is 5.31. The summed E-state index contributed by atoms with van der Waals surface area (Å²) < 4.78 is 7.67. The van der Waals surface area contributed by atoms with E-state index >= 15 is 0 Å². The van der Waals surface area contributed by atoms with Gasteiger partial charge in [0.15, 0.2) is 0 Å². The third kappa shape index (κ3) is 3.31. The van der Waals surface area contributed by atoms with Gasteiger partial charge < -0.3 is 9.30 Å². The van der Waals surface area contributed by atoms with E-state index in [9.17, 15) is 0 Å². The Kier molecular flexibility index (Phi) is 4.89. The van der Waals surface area contributed by atoms with Crippen molar-refractivity contribution in [3.8, 4) is 5.75 Å². The zero-order chi connectivity index (χ0) is 13.7. The highest BCUT2D eigenvalue weighted by atomic mass is 16.5. The predicted octanol–water partition coefficient (Wildman–Crippen LogP) is 4.87. The third-order valence-corrected chi connectivity index (χ3v) is 3.98. The molecule has 0 saturated heterocycles. The predicted molar refractivity (Wildman–Crippen MR) is 81.8 cm³/mol. The van der Waals surface area contributed by atoms with Crippen LogP contribution in [0.2, 0.25) is 0 Å². The molecule has 1 aromatic heterocycles. The first-order chi connectivity index (χ1) is 9.28. The second-order valence-corrected chi connectivity index (χ2v) is 5.31. The summed E-state index contributed by atoms with van der Waals surface area (Å²) in [5.74, 6) is 1.72. The lowest BCUT2D eigenvalue weighted by molar-refractivity contribution is 0.396. The fourth-order valence-corrected chi connectivity index (χ4v) is 2.66. The molecule has 1 atom stereocenters. The number of rotatable bonds is 7. The van der Waals surface area contributed by atoms with Crippen LogP contribution in [0.25, 0.3) is 10.9 Å². The molecular formula is C17H25NO. The van der Waals surface area contributed by atoms with Crippen LogP contribution in [0.4, 0.5) is 0 Å². The van der Waals surface area contributed by atoms with E-state index in [1.165, 1.54) is 36.6 Å². The highest BCUT2D eigenvalue weighted by Crippen LogP contribution is 2.24. The van der Waals surface area contributed by atoms with Gasteiger partial charge >= 0.3 is 0 Å². The summed E-state index contributed by atoms with van der Waals surface area (Å²) in [6, 6.07) is 8.51. The van der Waals surface area contributed by atoms with Gasteiger partial charge in [-0.05, 0) is 36.6 Å². The van der Waals surface area contributed by atoms with Crippen molar-refractivity contribution in [1.29, 1.82) is 0 Å². The summed E-state index contributed by atoms with van der Waals surface area (Å²) >= 11 is 0. The summed E-state index contributed by atoms with van der Waals surface area (Å²) in [6.45, 7) is 5.70. The Hall–Kier alpha value is -1.44. The Bertz CT molecular complexity index is 515. The molecule has 0 saturated carbocycles. The van der Waals surface area contributed by atoms with Crippen molar-refractivity contribution in [3.63, 3.8) is 0 Å². The third-order valence-electron chi connectivity index (χ3n) is 3.98. The van der Waals surface area contributed by atoms with Crippen molar-refractivity contribution < 1.29 is 4.74 Å². The summed E-state index contributed by atoms with van der Waals surface area (Å²) in [7, 11) is 1.72. The van der Waals surface area contributed by atoms with Gasteiger partial charge in [0.2, 0.25) is 0 Å². The molecule has 2 heteroatoms. The van der Waals surface area contributed by atoms with Gasteiger partial charge in [-0.25, -0.2) is 0 Å². The first-order valence-corrected chi connectivity index (χ1v) is 7.41. The lowest BCUT2D eigenvalue weighted by Crippen LogP contribution is -2.09. The lowest BCUT2D eigenvalue weighted by atomic mass is 9.99. The molecule has 0 amide bonds. The van der Waals surface area contributed by atoms with Gasteiger partial charge in [0, 0.05) is 23.6 Å². The Morgan fingerprint density at radius 1 is 1.21 bits per heavy atom. The molecule has 0 aliphatic rings. The van der Waals surface area contributed by atoms with Crippen molar-refractivity contribution in [2.45, 2.75) is 46.1 Å². The van der Waals surface area contributed by atoms with E-state index in [0.29, 0.717) is 0 Å². The zero-order valence-electron chi connectivity index (χ0n) is 12.4. The number of hydrogen-bond acceptors (Lipinski definition) is 1. The van der Waals surface area contributed by atoms with E-state index in [2.05, 4.69) is 42.8 Å². The summed E-state index contributed by atoms with van der Waals surface area (Å²) in [4.78, 5) is 0. The average Bonchev–Trinajstić information content (AvgIpc) is 2.85. The summed E-state index contributed by atoms with van der Waals surface area (Å²) in [5.41, 5.74) is 1.32. The molecule has 1 aromatic carbocycles. The van der Waals surface area contributed by atoms with Gasteiger partial charge in [0.1, 0.15) is 5.75 Å². The van der Waals surface area contributed by atoms with Crippen molar-refractivity contribution >= 4 is 10.9 Å². The van der Waals surface area contributed by atoms with Crippen LogP contribution in [0.5, 0.6) is 5.75 Å². The SMILES string of the molecule is CCCCC(CC)Cn1ccc2cc(OC)ccc21. The number of ether oxygens (including phenoxy) is 1. The fourth-order valence-electron chi connectivity index (χ4n) is 2.66. The van der Waals surface area contributed by atoms with Gasteiger partial charge in [0.05, 0.1) is 7.11 Å². The quantitative estimate of drug-likeness (QED) is 0.692. The number of methoxy groups -OCH3 is 1. The van der Waals surface area contributed by atoms with Crippen LogP contribution in [0.15, 0.2) is 30.5 Å². The molecule has 2 nitrogen and oxygen atoms in total. The van der Waals surface area contributed by atoms with E-state index in [0.717, 1.165) is 18.2 Å². The zero-order valence-corrected chi connectivity index (χ0v) is 12.4. The molecule has 104 valence electrons. The minimum Gasteiger partial charge on any atom is -0.497 e. The molecule has 2 aromatic rings. The molecule has 0 aliphatic carbocycles. The van der Waals surface area contributed by atoms with E-state index in [4.69, 9.17) is 4.74 Å². The largest absolute Gasteiger partial charge is 0.497 e. The molecule has 0 fully saturated rings. The Morgan fingerprint density at radius 3 is 2.74 bits per heavy atom. The summed E-state index contributed by atoms with van der Waals surface area (Å²) in [5, 5.41) is 1.27. The van der Waals surface area contributed by atoms with Gasteiger partial charge in [-0.1, -0.05) is 33.1 Å². The standard InChI is InChI=1S/C17H25NO/c1-4-6-7-14(5-2)13-18-11-10-15-12-16(19-3)8-9-17(15)18/h8-12,14H,4-7,13H2,1-3H3. The Morgan fingerprint density at radius 2 is 2.05 bits per heavy atom. The smallest absolute Gasteiger partial charge is 0.119 e. The minimum atomic E-state index is 0.789. The number of benzene rings is 1. The lowest BCUT2D eigenvalue weighted by Gasteiger charge is -2.16. The molecule has 0 spiro atoms. The normalized spacial score (nSPS) is 12.8. The molecule has 2 rings (SSSR count). The number of unbranched alkanes of at least 4 members (excludes halogenated alkanes) is 1. The first kappa shape index (κ1) is 14.0. The highest BCUT2D eigenvalue weighted by Gasteiger charge is 2.09. The van der Waals surface area contributed by atoms with Gasteiger partial charge in [-0.15, -0.1) is 0 Å². The molecule has 1 unspecified atom stereocenters. The van der Waals surface area contributed by atoms with Crippen molar-refractivity contribution in [2.75, 3.05) is 7.11 Å². The average molecular weight is 259 g/mol. The van der Waals surface area contributed by atoms with E-state index in [-0.39, 0.29) is 0 Å². The molecule has 0 aliphatic heterocycles. The van der Waals surface area contributed by atoms with E-state index in [1.807, 2.05) is 6.07 Å². The fraction of sp³-hybridized carbons (Fsp3) is 0.529. The van der Waals surface area contributed by atoms with Crippen LogP contribution < -0.4 is 4.74 Å². The topological polar surface area (TPSA) is 14.2 Å². The molecular weight excluding hydrogens is 234 g/mol.